The van der Waals surface area contributed by atoms with Crippen LogP contribution in [0, 0.1) is 6.92 Å². The molecule has 1 unspecified atom stereocenters. The average molecular weight is 309 g/mol. The first kappa shape index (κ1) is 16.2. The van der Waals surface area contributed by atoms with Gasteiger partial charge in [-0.15, -0.1) is 0 Å². The molecule has 122 valence electrons. The minimum absolute atomic E-state index is 0.631. The van der Waals surface area contributed by atoms with Gasteiger partial charge < -0.3 is 5.32 Å². The van der Waals surface area contributed by atoms with E-state index < -0.39 is 0 Å². The van der Waals surface area contributed by atoms with Gasteiger partial charge in [-0.25, -0.2) is 0 Å². The van der Waals surface area contributed by atoms with Crippen LogP contribution in [0.4, 0.5) is 0 Å². The van der Waals surface area contributed by atoms with Crippen molar-refractivity contribution in [3.05, 3.63) is 65.5 Å². The highest BCUT2D eigenvalue weighted by Gasteiger charge is 2.21. The number of hydrogen-bond donors (Lipinski definition) is 1. The van der Waals surface area contributed by atoms with Gasteiger partial charge >= 0.3 is 0 Å². The summed E-state index contributed by atoms with van der Waals surface area (Å²) in [5.41, 5.74) is 3.98. The Morgan fingerprint density at radius 3 is 2.74 bits per heavy atom. The Bertz CT molecular complexity index is 589. The van der Waals surface area contributed by atoms with Crippen molar-refractivity contribution < 1.29 is 0 Å². The van der Waals surface area contributed by atoms with Crippen molar-refractivity contribution in [2.24, 2.45) is 0 Å². The van der Waals surface area contributed by atoms with E-state index in [0.717, 1.165) is 26.2 Å². The van der Waals surface area contributed by atoms with Crippen molar-refractivity contribution in [1.29, 1.82) is 0 Å². The lowest BCUT2D eigenvalue weighted by molar-refractivity contribution is 0.162. The van der Waals surface area contributed by atoms with Crippen LogP contribution >= 0.6 is 0 Å². The molecule has 1 N–H and O–H groups in total. The number of benzene rings is 1. The predicted molar refractivity (Wildman–Crippen MR) is 95.2 cm³/mol. The Balaban J connectivity index is 1.78. The maximum Gasteiger partial charge on any atom is 0.0544 e. The number of nitrogens with zero attached hydrogens (tertiary/aromatic N) is 2. The summed E-state index contributed by atoms with van der Waals surface area (Å²) in [4.78, 5) is 7.17. The summed E-state index contributed by atoms with van der Waals surface area (Å²) < 4.78 is 0. The van der Waals surface area contributed by atoms with Gasteiger partial charge in [0, 0.05) is 25.3 Å². The SMILES string of the molecule is Cc1ccccc1CN(Cc1ccccn1)C1CCCNCC1. The molecule has 1 atom stereocenters. The molecule has 1 fully saturated rings. The van der Waals surface area contributed by atoms with Crippen LogP contribution in [0.15, 0.2) is 48.7 Å². The summed E-state index contributed by atoms with van der Waals surface area (Å²) >= 11 is 0. The van der Waals surface area contributed by atoms with Crippen LogP contribution in [0.5, 0.6) is 0 Å². The summed E-state index contributed by atoms with van der Waals surface area (Å²) in [7, 11) is 0. The molecule has 23 heavy (non-hydrogen) atoms. The highest BCUT2D eigenvalue weighted by atomic mass is 15.2. The van der Waals surface area contributed by atoms with E-state index in [-0.39, 0.29) is 0 Å². The molecule has 1 aromatic heterocycles. The van der Waals surface area contributed by atoms with Crippen molar-refractivity contribution in [1.82, 2.24) is 15.2 Å². The second-order valence-electron chi connectivity index (χ2n) is 6.49. The maximum absolute atomic E-state index is 4.54. The first-order valence-corrected chi connectivity index (χ1v) is 8.72. The van der Waals surface area contributed by atoms with Crippen molar-refractivity contribution in [2.75, 3.05) is 13.1 Å². The number of rotatable bonds is 5. The number of hydrogen-bond acceptors (Lipinski definition) is 3. The molecule has 1 aliphatic rings. The summed E-state index contributed by atoms with van der Waals surface area (Å²) in [6.45, 7) is 6.42. The molecule has 0 bridgehead atoms. The van der Waals surface area contributed by atoms with Gasteiger partial charge in [0.15, 0.2) is 0 Å². The fourth-order valence-corrected chi connectivity index (χ4v) is 3.39. The van der Waals surface area contributed by atoms with Crippen LogP contribution in [-0.4, -0.2) is 29.0 Å². The van der Waals surface area contributed by atoms with E-state index in [1.54, 1.807) is 0 Å². The molecule has 0 spiro atoms. The fraction of sp³-hybridized carbons (Fsp3) is 0.450. The first-order chi connectivity index (χ1) is 11.3. The topological polar surface area (TPSA) is 28.2 Å². The van der Waals surface area contributed by atoms with Gasteiger partial charge in [-0.1, -0.05) is 30.3 Å². The summed E-state index contributed by atoms with van der Waals surface area (Å²) in [5.74, 6) is 0. The molecule has 1 aromatic carbocycles. The van der Waals surface area contributed by atoms with Gasteiger partial charge in [0.2, 0.25) is 0 Å². The highest BCUT2D eigenvalue weighted by Crippen LogP contribution is 2.20. The highest BCUT2D eigenvalue weighted by molar-refractivity contribution is 5.25. The van der Waals surface area contributed by atoms with Crippen LogP contribution < -0.4 is 5.32 Å². The lowest BCUT2D eigenvalue weighted by atomic mass is 10.0. The quantitative estimate of drug-likeness (QED) is 0.916. The Kier molecular flexibility index (Phi) is 5.78. The van der Waals surface area contributed by atoms with Crippen molar-refractivity contribution in [2.45, 2.75) is 45.3 Å². The van der Waals surface area contributed by atoms with Gasteiger partial charge in [-0.2, -0.15) is 0 Å². The van der Waals surface area contributed by atoms with Crippen molar-refractivity contribution in [3.8, 4) is 0 Å². The molecule has 2 aromatic rings. The van der Waals surface area contributed by atoms with Crippen LogP contribution in [0.2, 0.25) is 0 Å². The maximum atomic E-state index is 4.54. The zero-order valence-corrected chi connectivity index (χ0v) is 14.0. The van der Waals surface area contributed by atoms with E-state index in [2.05, 4.69) is 58.5 Å². The van der Waals surface area contributed by atoms with E-state index in [1.807, 2.05) is 12.3 Å². The molecule has 3 rings (SSSR count). The van der Waals surface area contributed by atoms with Crippen molar-refractivity contribution in [3.63, 3.8) is 0 Å². The van der Waals surface area contributed by atoms with Gasteiger partial charge in [-0.3, -0.25) is 9.88 Å². The van der Waals surface area contributed by atoms with Gasteiger partial charge in [0.05, 0.1) is 5.69 Å². The van der Waals surface area contributed by atoms with E-state index in [0.29, 0.717) is 6.04 Å². The Morgan fingerprint density at radius 2 is 1.91 bits per heavy atom. The summed E-state index contributed by atoms with van der Waals surface area (Å²) in [6, 6.07) is 15.6. The van der Waals surface area contributed by atoms with E-state index in [1.165, 1.54) is 36.1 Å². The molecule has 0 amide bonds. The molecular formula is C20H27N3. The predicted octanol–water partition coefficient (Wildman–Crippen LogP) is 3.53. The second-order valence-corrected chi connectivity index (χ2v) is 6.49. The molecule has 1 saturated heterocycles. The summed E-state index contributed by atoms with van der Waals surface area (Å²) in [6.07, 6.45) is 5.65. The minimum Gasteiger partial charge on any atom is -0.317 e. The third-order valence-corrected chi connectivity index (χ3v) is 4.79. The fourth-order valence-electron chi connectivity index (χ4n) is 3.39. The number of aryl methyl sites for hydroxylation is 1. The van der Waals surface area contributed by atoms with Crippen molar-refractivity contribution >= 4 is 0 Å². The third-order valence-electron chi connectivity index (χ3n) is 4.79. The summed E-state index contributed by atoms with van der Waals surface area (Å²) in [5, 5.41) is 3.53. The van der Waals surface area contributed by atoms with Gasteiger partial charge in [0.1, 0.15) is 0 Å². The standard InChI is InChI=1S/C20H27N3/c1-17-7-2-3-8-18(17)15-23(16-19-9-4-5-13-22-19)20-10-6-12-21-14-11-20/h2-5,7-9,13,20-21H,6,10-12,14-16H2,1H3. The molecule has 0 saturated carbocycles. The smallest absolute Gasteiger partial charge is 0.0544 e. The Morgan fingerprint density at radius 1 is 1.04 bits per heavy atom. The number of pyridine rings is 1. The van der Waals surface area contributed by atoms with Crippen LogP contribution in [0.1, 0.15) is 36.1 Å². The van der Waals surface area contributed by atoms with E-state index in [4.69, 9.17) is 0 Å². The number of nitrogens with one attached hydrogen (secondary N) is 1. The normalized spacial score (nSPS) is 18.8. The minimum atomic E-state index is 0.631. The zero-order valence-electron chi connectivity index (χ0n) is 14.0. The molecule has 0 radical (unpaired) electrons. The second kappa shape index (κ2) is 8.23. The molecular weight excluding hydrogens is 282 g/mol. The van der Waals surface area contributed by atoms with Crippen LogP contribution in [0.25, 0.3) is 0 Å². The molecule has 3 heteroatoms. The lowest BCUT2D eigenvalue weighted by Gasteiger charge is -2.31. The molecule has 0 aliphatic carbocycles. The monoisotopic (exact) mass is 309 g/mol. The Labute approximate surface area is 139 Å². The third kappa shape index (κ3) is 4.63. The average Bonchev–Trinajstić information content (AvgIpc) is 2.86. The first-order valence-electron chi connectivity index (χ1n) is 8.72. The lowest BCUT2D eigenvalue weighted by Crippen LogP contribution is -2.35. The van der Waals surface area contributed by atoms with E-state index in [9.17, 15) is 0 Å². The largest absolute Gasteiger partial charge is 0.317 e. The van der Waals surface area contributed by atoms with Crippen LogP contribution in [0.3, 0.4) is 0 Å². The number of aromatic nitrogens is 1. The Hall–Kier alpha value is -1.71. The van der Waals surface area contributed by atoms with Gasteiger partial charge in [0.25, 0.3) is 0 Å². The van der Waals surface area contributed by atoms with Gasteiger partial charge in [-0.05, 0) is 62.5 Å². The van der Waals surface area contributed by atoms with Crippen LogP contribution in [-0.2, 0) is 13.1 Å². The molecule has 1 aliphatic heterocycles. The molecule has 3 nitrogen and oxygen atoms in total. The van der Waals surface area contributed by atoms with E-state index >= 15 is 0 Å². The zero-order chi connectivity index (χ0) is 15.9. The molecule has 2 heterocycles.